The van der Waals surface area contributed by atoms with Crippen LogP contribution in [0.25, 0.3) is 11.2 Å². The molecule has 2 aromatic rings. The summed E-state index contributed by atoms with van der Waals surface area (Å²) in [5.41, 5.74) is 6.12. The molecule has 10 atom stereocenters. The molecular formula is C19H31N5O15P2. The fraction of sp³-hybridized carbons (Fsp3) is 0.737. The fourth-order valence-electron chi connectivity index (χ4n) is 4.07. The first-order chi connectivity index (χ1) is 19.3. The van der Waals surface area contributed by atoms with Crippen molar-refractivity contribution in [1.82, 2.24) is 19.5 Å². The molecular weight excluding hydrogens is 600 g/mol. The molecule has 2 aliphatic heterocycles. The highest BCUT2D eigenvalue weighted by molar-refractivity contribution is 7.61. The van der Waals surface area contributed by atoms with Crippen molar-refractivity contribution < 1.29 is 72.0 Å². The highest BCUT2D eigenvalue weighted by Crippen LogP contribution is 2.60. The number of aliphatic hydroxyl groups excluding tert-OH is 5. The lowest BCUT2D eigenvalue weighted by Gasteiger charge is -2.20. The van der Waals surface area contributed by atoms with Crippen LogP contribution in [0.4, 0.5) is 5.82 Å². The van der Waals surface area contributed by atoms with Crippen LogP contribution in [-0.2, 0) is 36.7 Å². The first-order valence-corrected chi connectivity index (χ1v) is 15.2. The molecule has 9 N–H and O–H groups in total. The van der Waals surface area contributed by atoms with E-state index in [1.54, 1.807) is 0 Å². The number of unbranched alkanes of at least 4 members (excludes halogenated alkanes) is 1. The molecule has 2 saturated heterocycles. The summed E-state index contributed by atoms with van der Waals surface area (Å²) in [6.45, 7) is -1.70. The van der Waals surface area contributed by atoms with Gasteiger partial charge in [0.15, 0.2) is 24.0 Å². The van der Waals surface area contributed by atoms with Crippen LogP contribution in [0.2, 0.25) is 0 Å². The maximum atomic E-state index is 12.3. The highest BCUT2D eigenvalue weighted by atomic mass is 31.3. The lowest BCUT2D eigenvalue weighted by Crippen LogP contribution is -2.35. The van der Waals surface area contributed by atoms with Crippen LogP contribution in [0.5, 0.6) is 0 Å². The van der Waals surface area contributed by atoms with E-state index >= 15 is 0 Å². The molecule has 2 aromatic heterocycles. The van der Waals surface area contributed by atoms with Crippen LogP contribution in [0.1, 0.15) is 19.1 Å². The number of ether oxygens (including phenoxy) is 3. The molecule has 4 rings (SSSR count). The Balaban J connectivity index is 1.28. The molecule has 20 nitrogen and oxygen atoms in total. The number of aromatic nitrogens is 4. The average Bonchev–Trinajstić information content (AvgIpc) is 3.55. The van der Waals surface area contributed by atoms with Crippen molar-refractivity contribution in [3.05, 3.63) is 12.7 Å². The van der Waals surface area contributed by atoms with Crippen molar-refractivity contribution in [2.75, 3.05) is 32.2 Å². The highest BCUT2D eigenvalue weighted by Gasteiger charge is 2.47. The van der Waals surface area contributed by atoms with E-state index in [1.807, 2.05) is 0 Å². The van der Waals surface area contributed by atoms with Crippen LogP contribution in [0.15, 0.2) is 12.7 Å². The Morgan fingerprint density at radius 1 is 0.902 bits per heavy atom. The number of phosphoric ester groups is 2. The van der Waals surface area contributed by atoms with Gasteiger partial charge in [-0.1, -0.05) is 0 Å². The first kappa shape index (κ1) is 32.2. The van der Waals surface area contributed by atoms with Gasteiger partial charge in [-0.05, 0) is 12.8 Å². The predicted molar refractivity (Wildman–Crippen MR) is 131 cm³/mol. The van der Waals surface area contributed by atoms with Gasteiger partial charge in [-0.3, -0.25) is 13.6 Å². The summed E-state index contributed by atoms with van der Waals surface area (Å²) < 4.78 is 55.4. The van der Waals surface area contributed by atoms with Gasteiger partial charge in [0.1, 0.15) is 48.5 Å². The van der Waals surface area contributed by atoms with E-state index in [4.69, 9.17) is 25.1 Å². The third-order valence-corrected chi connectivity index (χ3v) is 8.76. The smallest absolute Gasteiger partial charge is 0.396 e. The van der Waals surface area contributed by atoms with Crippen LogP contribution in [0.3, 0.4) is 0 Å². The molecule has 0 saturated carbocycles. The molecule has 2 unspecified atom stereocenters. The molecule has 232 valence electrons. The second-order valence-corrected chi connectivity index (χ2v) is 12.1. The second kappa shape index (κ2) is 13.3. The van der Waals surface area contributed by atoms with Crippen LogP contribution in [-0.4, -0.2) is 124 Å². The summed E-state index contributed by atoms with van der Waals surface area (Å²) in [6.07, 6.45) is -8.39. The maximum Gasteiger partial charge on any atom is 0.481 e. The SMILES string of the molecule is Nc1ncnc2c1ncn2[C@@H]1O[C@H](COP(=O)(O)OP(=O)(O)OC[C@H]2O[C@@H](OCCCCO)[C@H](O)[C@@H]2O)[C@@H](O)[C@H]1O. The minimum absolute atomic E-state index is 0.0586. The second-order valence-electron chi connectivity index (χ2n) is 9.07. The molecule has 41 heavy (non-hydrogen) atoms. The summed E-state index contributed by atoms with van der Waals surface area (Å²) in [7, 11) is -10.6. The van der Waals surface area contributed by atoms with Gasteiger partial charge in [0.25, 0.3) is 0 Å². The van der Waals surface area contributed by atoms with Gasteiger partial charge in [-0.25, -0.2) is 24.1 Å². The summed E-state index contributed by atoms with van der Waals surface area (Å²) in [4.78, 5) is 31.7. The van der Waals surface area contributed by atoms with Crippen LogP contribution in [0, 0.1) is 0 Å². The van der Waals surface area contributed by atoms with Gasteiger partial charge in [0, 0.05) is 13.2 Å². The third-order valence-electron chi connectivity index (χ3n) is 6.16. The van der Waals surface area contributed by atoms with Crippen molar-refractivity contribution >= 4 is 32.6 Å². The zero-order valence-electron chi connectivity index (χ0n) is 21.2. The van der Waals surface area contributed by atoms with Gasteiger partial charge in [-0.15, -0.1) is 0 Å². The summed E-state index contributed by atoms with van der Waals surface area (Å²) in [6, 6.07) is 0. The number of hydrogen-bond acceptors (Lipinski definition) is 17. The lowest BCUT2D eigenvalue weighted by atomic mass is 10.1. The average molecular weight is 631 g/mol. The molecule has 2 fully saturated rings. The van der Waals surface area contributed by atoms with Gasteiger partial charge in [-0.2, -0.15) is 4.31 Å². The van der Waals surface area contributed by atoms with Crippen molar-refractivity contribution in [2.45, 2.75) is 62.0 Å². The number of phosphoric acid groups is 2. The van der Waals surface area contributed by atoms with E-state index in [2.05, 4.69) is 28.3 Å². The molecule has 2 aliphatic rings. The zero-order chi connectivity index (χ0) is 29.9. The number of nitrogens with two attached hydrogens (primary N) is 1. The van der Waals surface area contributed by atoms with Crippen LogP contribution < -0.4 is 5.73 Å². The molecule has 0 radical (unpaired) electrons. The monoisotopic (exact) mass is 631 g/mol. The Morgan fingerprint density at radius 2 is 1.54 bits per heavy atom. The normalized spacial score (nSPS) is 33.2. The Morgan fingerprint density at radius 3 is 2.20 bits per heavy atom. The molecule has 0 bridgehead atoms. The largest absolute Gasteiger partial charge is 0.481 e. The van der Waals surface area contributed by atoms with E-state index in [1.165, 1.54) is 10.9 Å². The Hall–Kier alpha value is -1.71. The number of nitrogen functional groups attached to an aromatic ring is 1. The molecule has 22 heteroatoms. The third kappa shape index (κ3) is 7.63. The van der Waals surface area contributed by atoms with E-state index < -0.39 is 78.0 Å². The summed E-state index contributed by atoms with van der Waals surface area (Å²) in [5.74, 6) is 0.0586. The van der Waals surface area contributed by atoms with Crippen molar-refractivity contribution in [1.29, 1.82) is 0 Å². The number of aliphatic hydroxyl groups is 5. The summed E-state index contributed by atoms with van der Waals surface area (Å²) in [5, 5.41) is 49.7. The van der Waals surface area contributed by atoms with Gasteiger partial charge in [0.2, 0.25) is 0 Å². The summed E-state index contributed by atoms with van der Waals surface area (Å²) >= 11 is 0. The van der Waals surface area contributed by atoms with E-state index in [-0.39, 0.29) is 30.2 Å². The molecule has 4 heterocycles. The minimum atomic E-state index is -5.33. The predicted octanol–water partition coefficient (Wildman–Crippen LogP) is -2.49. The standard InChI is InChI=1S/C19H31N5O15P2/c20-16-11-17(22-7-21-16)24(8-23-11)18-14(28)12(26)9(37-18)5-35-40(30,31)39-41(32,33)36-6-10-13(27)15(29)19(38-10)34-4-2-1-3-25/h7-10,12-15,18-19,25-29H,1-6H2,(H,30,31)(H,32,33)(H2,20,21,22)/t9-,10-,12-,13-,14-,15-,18-,19-/m1/s1. The molecule has 0 aromatic carbocycles. The number of fused-ring (bicyclic) bond motifs is 1. The fourth-order valence-corrected chi connectivity index (χ4v) is 6.16. The van der Waals surface area contributed by atoms with E-state index in [0.717, 1.165) is 6.33 Å². The van der Waals surface area contributed by atoms with Gasteiger partial charge in [0.05, 0.1) is 19.5 Å². The van der Waals surface area contributed by atoms with Crippen molar-refractivity contribution in [2.24, 2.45) is 0 Å². The number of hydrogen-bond donors (Lipinski definition) is 8. The van der Waals surface area contributed by atoms with Gasteiger partial charge >= 0.3 is 15.6 Å². The maximum absolute atomic E-state index is 12.3. The van der Waals surface area contributed by atoms with Crippen LogP contribution >= 0.6 is 15.6 Å². The number of rotatable bonds is 14. The van der Waals surface area contributed by atoms with E-state index in [0.29, 0.717) is 12.8 Å². The van der Waals surface area contributed by atoms with E-state index in [9.17, 15) is 39.3 Å². The first-order valence-electron chi connectivity index (χ1n) is 12.2. The Labute approximate surface area is 231 Å². The number of imidazole rings is 1. The molecule has 0 amide bonds. The minimum Gasteiger partial charge on any atom is -0.396 e. The number of anilines is 1. The number of nitrogens with zero attached hydrogens (tertiary/aromatic N) is 4. The van der Waals surface area contributed by atoms with Crippen molar-refractivity contribution in [3.63, 3.8) is 0 Å². The Bertz CT molecular complexity index is 1270. The molecule has 0 spiro atoms. The van der Waals surface area contributed by atoms with Gasteiger partial charge < -0.3 is 55.3 Å². The Kier molecular flexibility index (Phi) is 10.4. The lowest BCUT2D eigenvalue weighted by molar-refractivity contribution is -0.169. The zero-order valence-corrected chi connectivity index (χ0v) is 23.0. The topological polar surface area (TPSA) is 301 Å². The van der Waals surface area contributed by atoms with Crippen molar-refractivity contribution in [3.8, 4) is 0 Å². The quantitative estimate of drug-likeness (QED) is 0.0790. The molecule has 0 aliphatic carbocycles.